The number of rotatable bonds is 5. The lowest BCUT2D eigenvalue weighted by atomic mass is 10.3. The van der Waals surface area contributed by atoms with Crippen LogP contribution in [0.3, 0.4) is 0 Å². The summed E-state index contributed by atoms with van der Waals surface area (Å²) in [5.74, 6) is 1.08. The number of hydrogen-bond acceptors (Lipinski definition) is 6. The van der Waals surface area contributed by atoms with Crippen molar-refractivity contribution in [2.75, 3.05) is 26.1 Å². The molecular formula is C11H12BrN3O3. The monoisotopic (exact) mass is 313 g/mol. The molecule has 0 aliphatic carbocycles. The fourth-order valence-electron chi connectivity index (χ4n) is 1.34. The Balaban J connectivity index is 2.31. The van der Waals surface area contributed by atoms with Crippen LogP contribution in [-0.4, -0.2) is 30.3 Å². The first-order valence-corrected chi connectivity index (χ1v) is 6.00. The summed E-state index contributed by atoms with van der Waals surface area (Å²) in [6, 6.07) is 3.55. The van der Waals surface area contributed by atoms with E-state index in [0.717, 1.165) is 0 Å². The largest absolute Gasteiger partial charge is 0.474 e. The molecule has 0 spiro atoms. The number of nitrogen functional groups attached to an aromatic ring is 1. The Bertz CT molecular complexity index is 517. The average Bonchev–Trinajstić information content (AvgIpc) is 2.87. The van der Waals surface area contributed by atoms with E-state index < -0.39 is 0 Å². The van der Waals surface area contributed by atoms with E-state index in [1.165, 1.54) is 0 Å². The van der Waals surface area contributed by atoms with E-state index in [-0.39, 0.29) is 5.95 Å². The van der Waals surface area contributed by atoms with Gasteiger partial charge in [0.2, 0.25) is 11.8 Å². The van der Waals surface area contributed by atoms with E-state index >= 15 is 0 Å². The number of methoxy groups -OCH3 is 1. The van der Waals surface area contributed by atoms with Crippen molar-refractivity contribution in [1.82, 2.24) is 9.97 Å². The fourth-order valence-corrected chi connectivity index (χ4v) is 1.82. The normalized spacial score (nSPS) is 10.6. The fraction of sp³-hybridized carbons (Fsp3) is 0.273. The molecule has 2 aromatic heterocycles. The van der Waals surface area contributed by atoms with Crippen LogP contribution in [0.2, 0.25) is 0 Å². The Morgan fingerprint density at radius 3 is 2.89 bits per heavy atom. The second-order valence-corrected chi connectivity index (χ2v) is 4.16. The molecule has 0 aliphatic heterocycles. The van der Waals surface area contributed by atoms with Crippen LogP contribution in [0.5, 0.6) is 5.88 Å². The Hall–Kier alpha value is -1.60. The highest BCUT2D eigenvalue weighted by molar-refractivity contribution is 9.10. The minimum Gasteiger partial charge on any atom is -0.474 e. The number of nitrogens with zero attached hydrogens (tertiary/aromatic N) is 2. The molecule has 0 saturated carbocycles. The van der Waals surface area contributed by atoms with Crippen molar-refractivity contribution in [1.29, 1.82) is 0 Å². The van der Waals surface area contributed by atoms with E-state index in [1.807, 2.05) is 0 Å². The zero-order valence-corrected chi connectivity index (χ0v) is 11.3. The molecule has 18 heavy (non-hydrogen) atoms. The Morgan fingerprint density at radius 1 is 1.39 bits per heavy atom. The minimum absolute atomic E-state index is 0.122. The van der Waals surface area contributed by atoms with Gasteiger partial charge in [0.1, 0.15) is 16.8 Å². The molecule has 2 N–H and O–H groups in total. The van der Waals surface area contributed by atoms with Crippen LogP contribution in [0.25, 0.3) is 11.5 Å². The van der Waals surface area contributed by atoms with Gasteiger partial charge in [-0.25, -0.2) is 4.98 Å². The molecule has 0 fully saturated rings. The second-order valence-electron chi connectivity index (χ2n) is 3.37. The maximum Gasteiger partial charge on any atom is 0.233 e. The van der Waals surface area contributed by atoms with Gasteiger partial charge in [0.25, 0.3) is 0 Å². The molecule has 0 radical (unpaired) electrons. The average molecular weight is 314 g/mol. The number of ether oxygens (including phenoxy) is 2. The lowest BCUT2D eigenvalue weighted by molar-refractivity contribution is 0.143. The van der Waals surface area contributed by atoms with Gasteiger partial charge >= 0.3 is 0 Å². The molecule has 0 aromatic carbocycles. The predicted octanol–water partition coefficient (Wildman–Crippen LogP) is 2.11. The molecule has 2 rings (SSSR count). The van der Waals surface area contributed by atoms with E-state index in [2.05, 4.69) is 25.9 Å². The van der Waals surface area contributed by atoms with Crippen LogP contribution in [0.15, 0.2) is 27.3 Å². The van der Waals surface area contributed by atoms with Gasteiger partial charge in [-0.1, -0.05) is 0 Å². The van der Waals surface area contributed by atoms with Crippen LogP contribution in [0.4, 0.5) is 5.95 Å². The molecule has 96 valence electrons. The van der Waals surface area contributed by atoms with E-state index in [9.17, 15) is 0 Å². The van der Waals surface area contributed by atoms with Crippen molar-refractivity contribution in [2.45, 2.75) is 0 Å². The van der Waals surface area contributed by atoms with Crippen molar-refractivity contribution in [3.63, 3.8) is 0 Å². The maximum absolute atomic E-state index is 5.64. The van der Waals surface area contributed by atoms with Crippen molar-refractivity contribution in [3.05, 3.63) is 22.9 Å². The van der Waals surface area contributed by atoms with Crippen LogP contribution in [0.1, 0.15) is 0 Å². The highest BCUT2D eigenvalue weighted by Gasteiger charge is 2.15. The summed E-state index contributed by atoms with van der Waals surface area (Å²) >= 11 is 3.38. The standard InChI is InChI=1S/C11H12BrN3O3/c1-16-5-6-18-10-8(12)9(14-11(13)15-10)7-3-2-4-17-7/h2-4H,5-6H2,1H3,(H2,13,14,15). The van der Waals surface area contributed by atoms with Gasteiger partial charge in [0, 0.05) is 7.11 Å². The molecule has 0 bridgehead atoms. The topological polar surface area (TPSA) is 83.4 Å². The molecule has 7 heteroatoms. The molecule has 6 nitrogen and oxygen atoms in total. The lowest BCUT2D eigenvalue weighted by Gasteiger charge is -2.09. The molecule has 0 saturated heterocycles. The third-order valence-corrected chi connectivity index (χ3v) is 2.83. The van der Waals surface area contributed by atoms with E-state index in [1.54, 1.807) is 25.5 Å². The summed E-state index contributed by atoms with van der Waals surface area (Å²) in [6.07, 6.45) is 1.56. The smallest absolute Gasteiger partial charge is 0.233 e. The number of halogens is 1. The third kappa shape index (κ3) is 2.80. The van der Waals surface area contributed by atoms with Gasteiger partial charge in [-0.2, -0.15) is 4.98 Å². The number of aromatic nitrogens is 2. The van der Waals surface area contributed by atoms with Crippen molar-refractivity contribution in [3.8, 4) is 17.3 Å². The van der Waals surface area contributed by atoms with Crippen molar-refractivity contribution >= 4 is 21.9 Å². The molecule has 0 aliphatic rings. The van der Waals surface area contributed by atoms with Crippen molar-refractivity contribution < 1.29 is 13.9 Å². The first kappa shape index (κ1) is 12.8. The molecular weight excluding hydrogens is 302 g/mol. The number of furan rings is 1. The van der Waals surface area contributed by atoms with Gasteiger partial charge in [-0.15, -0.1) is 0 Å². The summed E-state index contributed by atoms with van der Waals surface area (Å²) in [5, 5.41) is 0. The number of hydrogen-bond donors (Lipinski definition) is 1. The van der Waals surface area contributed by atoms with E-state index in [0.29, 0.717) is 35.0 Å². The van der Waals surface area contributed by atoms with Gasteiger partial charge in [-0.3, -0.25) is 0 Å². The molecule has 2 heterocycles. The van der Waals surface area contributed by atoms with Crippen LogP contribution in [-0.2, 0) is 4.74 Å². The first-order chi connectivity index (χ1) is 8.72. The van der Waals surface area contributed by atoms with Gasteiger partial charge in [0.15, 0.2) is 5.76 Å². The molecule has 0 unspecified atom stereocenters. The Kier molecular flexibility index (Phi) is 4.16. The summed E-state index contributed by atoms with van der Waals surface area (Å²) in [5.41, 5.74) is 6.20. The zero-order chi connectivity index (χ0) is 13.0. The lowest BCUT2D eigenvalue weighted by Crippen LogP contribution is -2.08. The Labute approximate surface area is 112 Å². The van der Waals surface area contributed by atoms with E-state index in [4.69, 9.17) is 19.6 Å². The summed E-state index contributed by atoms with van der Waals surface area (Å²) in [6.45, 7) is 0.843. The van der Waals surface area contributed by atoms with Crippen LogP contribution in [0, 0.1) is 0 Å². The molecule has 0 amide bonds. The van der Waals surface area contributed by atoms with Gasteiger partial charge in [-0.05, 0) is 28.1 Å². The SMILES string of the molecule is COCCOc1nc(N)nc(-c2ccco2)c1Br. The summed E-state index contributed by atoms with van der Waals surface area (Å²) in [4.78, 5) is 8.13. The van der Waals surface area contributed by atoms with Gasteiger partial charge in [0.05, 0.1) is 12.9 Å². The molecule has 0 atom stereocenters. The zero-order valence-electron chi connectivity index (χ0n) is 9.72. The summed E-state index contributed by atoms with van der Waals surface area (Å²) < 4.78 is 16.2. The van der Waals surface area contributed by atoms with Crippen LogP contribution < -0.4 is 10.5 Å². The Morgan fingerprint density at radius 2 is 2.22 bits per heavy atom. The number of nitrogens with two attached hydrogens (primary N) is 1. The first-order valence-electron chi connectivity index (χ1n) is 5.21. The third-order valence-electron chi connectivity index (χ3n) is 2.12. The maximum atomic E-state index is 5.64. The summed E-state index contributed by atoms with van der Waals surface area (Å²) in [7, 11) is 1.60. The second kappa shape index (κ2) is 5.83. The minimum atomic E-state index is 0.122. The van der Waals surface area contributed by atoms with Gasteiger partial charge < -0.3 is 19.6 Å². The highest BCUT2D eigenvalue weighted by Crippen LogP contribution is 2.33. The van der Waals surface area contributed by atoms with Crippen LogP contribution >= 0.6 is 15.9 Å². The quantitative estimate of drug-likeness (QED) is 0.851. The molecule has 2 aromatic rings. The predicted molar refractivity (Wildman–Crippen MR) is 69.2 cm³/mol. The number of anilines is 1. The highest BCUT2D eigenvalue weighted by atomic mass is 79.9. The van der Waals surface area contributed by atoms with Crippen molar-refractivity contribution in [2.24, 2.45) is 0 Å².